The van der Waals surface area contributed by atoms with E-state index in [1.165, 1.54) is 13.2 Å². The molecule has 0 saturated heterocycles. The molecule has 0 aliphatic carbocycles. The number of carbonyl (C=O) groups excluding carboxylic acids is 1. The molecule has 0 heterocycles. The first-order chi connectivity index (χ1) is 8.49. The van der Waals surface area contributed by atoms with Gasteiger partial charge in [0.05, 0.1) is 18.8 Å². The Morgan fingerprint density at radius 1 is 1.44 bits per heavy atom. The largest absolute Gasteiger partial charge is 0.465 e. The van der Waals surface area contributed by atoms with Crippen molar-refractivity contribution >= 4 is 5.97 Å². The first kappa shape index (κ1) is 14.6. The van der Waals surface area contributed by atoms with E-state index in [1.807, 2.05) is 0 Å². The average Bonchev–Trinajstić information content (AvgIpc) is 2.36. The van der Waals surface area contributed by atoms with Gasteiger partial charge in [0.2, 0.25) is 0 Å². The summed E-state index contributed by atoms with van der Waals surface area (Å²) in [4.78, 5) is 11.3. The number of methoxy groups -OCH3 is 1. The lowest BCUT2D eigenvalue weighted by Crippen LogP contribution is -2.22. The van der Waals surface area contributed by atoms with Crippen molar-refractivity contribution in [3.8, 4) is 0 Å². The quantitative estimate of drug-likeness (QED) is 0.662. The third kappa shape index (κ3) is 3.49. The van der Waals surface area contributed by atoms with Crippen LogP contribution in [0.15, 0.2) is 18.2 Å². The van der Waals surface area contributed by atoms with Gasteiger partial charge in [0, 0.05) is 0 Å². The fraction of sp³-hybridized carbons (Fsp3) is 0.417. The molecule has 6 heteroatoms. The lowest BCUT2D eigenvalue weighted by Gasteiger charge is -2.18. The molecule has 100 valence electrons. The molecule has 0 saturated carbocycles. The molecular formula is C12H16FNO4. The summed E-state index contributed by atoms with van der Waals surface area (Å²) in [5.41, 5.74) is 5.34. The molecule has 2 atom stereocenters. The number of hydrogen-bond acceptors (Lipinski definition) is 5. The fourth-order valence-electron chi connectivity index (χ4n) is 1.57. The Labute approximate surface area is 104 Å². The highest BCUT2D eigenvalue weighted by Gasteiger charge is 2.20. The van der Waals surface area contributed by atoms with Crippen molar-refractivity contribution in [3.63, 3.8) is 0 Å². The second-order valence-electron chi connectivity index (χ2n) is 3.85. The molecule has 0 bridgehead atoms. The minimum absolute atomic E-state index is 0.0218. The molecule has 0 amide bonds. The smallest absolute Gasteiger partial charge is 0.337 e. The monoisotopic (exact) mass is 257 g/mol. The van der Waals surface area contributed by atoms with Crippen molar-refractivity contribution < 1.29 is 24.1 Å². The van der Waals surface area contributed by atoms with E-state index in [1.54, 1.807) is 0 Å². The van der Waals surface area contributed by atoms with E-state index in [0.717, 1.165) is 12.1 Å². The van der Waals surface area contributed by atoms with E-state index < -0.39 is 24.0 Å². The number of aliphatic hydroxyl groups is 2. The zero-order chi connectivity index (χ0) is 13.7. The van der Waals surface area contributed by atoms with Gasteiger partial charge in [-0.2, -0.15) is 0 Å². The van der Waals surface area contributed by atoms with Crippen molar-refractivity contribution in [2.45, 2.75) is 18.6 Å². The van der Waals surface area contributed by atoms with Crippen LogP contribution >= 0.6 is 0 Å². The summed E-state index contributed by atoms with van der Waals surface area (Å²) in [5, 5.41) is 19.4. The number of carbonyl (C=O) groups is 1. The Balaban J connectivity index is 3.02. The number of hydrogen-bond donors (Lipinski definition) is 3. The zero-order valence-corrected chi connectivity index (χ0v) is 9.97. The van der Waals surface area contributed by atoms with Gasteiger partial charge in [-0.1, -0.05) is 0 Å². The number of rotatable bonds is 5. The summed E-state index contributed by atoms with van der Waals surface area (Å²) < 4.78 is 17.8. The predicted octanol–water partition coefficient (Wildman–Crippen LogP) is 0.355. The van der Waals surface area contributed by atoms with Crippen LogP contribution in [0.4, 0.5) is 4.39 Å². The minimum Gasteiger partial charge on any atom is -0.465 e. The van der Waals surface area contributed by atoms with Gasteiger partial charge in [0.1, 0.15) is 11.9 Å². The number of halogens is 1. The lowest BCUT2D eigenvalue weighted by atomic mass is 10.00. The Morgan fingerprint density at radius 2 is 2.11 bits per heavy atom. The normalized spacial score (nSPS) is 14.1. The van der Waals surface area contributed by atoms with Gasteiger partial charge >= 0.3 is 5.97 Å². The van der Waals surface area contributed by atoms with E-state index in [0.29, 0.717) is 0 Å². The Morgan fingerprint density at radius 3 is 2.67 bits per heavy atom. The molecule has 5 nitrogen and oxygen atoms in total. The van der Waals surface area contributed by atoms with Gasteiger partial charge in [-0.3, -0.25) is 0 Å². The Kier molecular flexibility index (Phi) is 5.21. The van der Waals surface area contributed by atoms with Crippen LogP contribution in [0.3, 0.4) is 0 Å². The standard InChI is InChI=1S/C12H16FNO4/c1-18-12(17)8-4-7(5-9(13)6-8)11(16)10(15)2-3-14/h4-6,10-11,15-16H,2-3,14H2,1H3. The second-order valence-corrected chi connectivity index (χ2v) is 3.85. The predicted molar refractivity (Wildman–Crippen MR) is 62.4 cm³/mol. The van der Waals surface area contributed by atoms with Crippen molar-refractivity contribution in [2.24, 2.45) is 5.73 Å². The highest BCUT2D eigenvalue weighted by Crippen LogP contribution is 2.21. The van der Waals surface area contributed by atoms with Gasteiger partial charge in [-0.15, -0.1) is 0 Å². The van der Waals surface area contributed by atoms with Gasteiger partial charge < -0.3 is 20.7 Å². The molecular weight excluding hydrogens is 241 g/mol. The Hall–Kier alpha value is -1.50. The molecule has 0 fully saturated rings. The van der Waals surface area contributed by atoms with Crippen LogP contribution in [0.25, 0.3) is 0 Å². The highest BCUT2D eigenvalue weighted by atomic mass is 19.1. The van der Waals surface area contributed by atoms with E-state index >= 15 is 0 Å². The third-order valence-electron chi connectivity index (χ3n) is 2.51. The molecule has 1 rings (SSSR count). The van der Waals surface area contributed by atoms with Crippen LogP contribution in [-0.2, 0) is 4.74 Å². The van der Waals surface area contributed by atoms with Crippen molar-refractivity contribution in [1.82, 2.24) is 0 Å². The maximum absolute atomic E-state index is 13.3. The molecule has 0 aliphatic rings. The SMILES string of the molecule is COC(=O)c1cc(F)cc(C(O)C(O)CCN)c1. The maximum atomic E-state index is 13.3. The van der Waals surface area contributed by atoms with E-state index in [-0.39, 0.29) is 24.1 Å². The molecule has 4 N–H and O–H groups in total. The van der Waals surface area contributed by atoms with Crippen LogP contribution in [0.1, 0.15) is 28.4 Å². The van der Waals surface area contributed by atoms with Gasteiger partial charge in [0.25, 0.3) is 0 Å². The molecule has 0 radical (unpaired) electrons. The van der Waals surface area contributed by atoms with E-state index in [9.17, 15) is 19.4 Å². The summed E-state index contributed by atoms with van der Waals surface area (Å²) in [6.07, 6.45) is -2.24. The van der Waals surface area contributed by atoms with Crippen LogP contribution < -0.4 is 5.73 Å². The first-order valence-electron chi connectivity index (χ1n) is 5.44. The summed E-state index contributed by atoms with van der Waals surface area (Å²) in [5.74, 6) is -1.40. The molecule has 1 aromatic rings. The van der Waals surface area contributed by atoms with Gasteiger partial charge in [-0.25, -0.2) is 9.18 Å². The highest BCUT2D eigenvalue weighted by molar-refractivity contribution is 5.89. The molecule has 1 aromatic carbocycles. The number of nitrogens with two attached hydrogens (primary N) is 1. The molecule has 2 unspecified atom stereocenters. The van der Waals surface area contributed by atoms with Crippen LogP contribution in [-0.4, -0.2) is 35.9 Å². The van der Waals surface area contributed by atoms with Crippen molar-refractivity contribution in [2.75, 3.05) is 13.7 Å². The summed E-state index contributed by atoms with van der Waals surface area (Å²) in [7, 11) is 1.17. The number of ether oxygens (including phenoxy) is 1. The lowest BCUT2D eigenvalue weighted by molar-refractivity contribution is 0.0147. The van der Waals surface area contributed by atoms with Crippen molar-refractivity contribution in [1.29, 1.82) is 0 Å². The van der Waals surface area contributed by atoms with Gasteiger partial charge in [0.15, 0.2) is 0 Å². The van der Waals surface area contributed by atoms with Crippen LogP contribution in [0.5, 0.6) is 0 Å². The molecule has 18 heavy (non-hydrogen) atoms. The number of benzene rings is 1. The Bertz CT molecular complexity index is 425. The summed E-state index contributed by atoms with van der Waals surface area (Å²) in [6, 6.07) is 3.33. The molecule has 0 aliphatic heterocycles. The van der Waals surface area contributed by atoms with Crippen LogP contribution in [0, 0.1) is 5.82 Å². The van der Waals surface area contributed by atoms with Gasteiger partial charge in [-0.05, 0) is 36.7 Å². The third-order valence-corrected chi connectivity index (χ3v) is 2.51. The summed E-state index contributed by atoms with van der Waals surface area (Å²) in [6.45, 7) is 0.192. The number of aliphatic hydroxyl groups excluding tert-OH is 2. The zero-order valence-electron chi connectivity index (χ0n) is 9.97. The fourth-order valence-corrected chi connectivity index (χ4v) is 1.57. The minimum atomic E-state index is -1.30. The molecule has 0 aromatic heterocycles. The summed E-state index contributed by atoms with van der Waals surface area (Å²) >= 11 is 0. The number of esters is 1. The maximum Gasteiger partial charge on any atom is 0.337 e. The first-order valence-corrected chi connectivity index (χ1v) is 5.44. The van der Waals surface area contributed by atoms with E-state index in [2.05, 4.69) is 4.74 Å². The average molecular weight is 257 g/mol. The second kappa shape index (κ2) is 6.44. The topological polar surface area (TPSA) is 92.8 Å². The molecule has 0 spiro atoms. The van der Waals surface area contributed by atoms with Crippen LogP contribution in [0.2, 0.25) is 0 Å². The van der Waals surface area contributed by atoms with E-state index in [4.69, 9.17) is 5.73 Å². The van der Waals surface area contributed by atoms with Crippen molar-refractivity contribution in [3.05, 3.63) is 35.1 Å².